The maximum atomic E-state index is 6.99. The van der Waals surface area contributed by atoms with Crippen molar-refractivity contribution in [2.24, 2.45) is 5.73 Å². The molecule has 2 aliphatic heterocycles. The Morgan fingerprint density at radius 3 is 2.90 bits per heavy atom. The highest BCUT2D eigenvalue weighted by Crippen LogP contribution is 2.36. The summed E-state index contributed by atoms with van der Waals surface area (Å²) in [5.74, 6) is 1.31. The lowest BCUT2D eigenvalue weighted by Crippen LogP contribution is -2.52. The monoisotopic (exact) mass is 553 g/mol. The standard InChI is InChI=1S/C29H28ClN9O/c30-25-4-1-3-24(37-25)29(32)8-2-9-38(15-29)22-13-33-21(18-5-6-23-19(11-18)7-10-40-23)12-20(22)14-39-17-36-26-27(31)34-16-35-28(26)39/h1,3-6,11-13,16-17H,2,7-10,14-15,32H2,(H2,31,34,35)/t29-/m1/s1. The van der Waals surface area contributed by atoms with Crippen LogP contribution in [0.4, 0.5) is 11.5 Å². The first-order valence-electron chi connectivity index (χ1n) is 13.3. The topological polar surface area (TPSA) is 134 Å². The number of imidazole rings is 1. The van der Waals surface area contributed by atoms with Crippen LogP contribution >= 0.6 is 11.6 Å². The third-order valence-electron chi connectivity index (χ3n) is 7.81. The van der Waals surface area contributed by atoms with E-state index in [2.05, 4.69) is 43.0 Å². The molecule has 0 spiro atoms. The number of pyridine rings is 2. The molecular weight excluding hydrogens is 526 g/mol. The molecule has 1 atom stereocenters. The molecule has 0 radical (unpaired) electrons. The lowest BCUT2D eigenvalue weighted by Gasteiger charge is -2.41. The predicted molar refractivity (Wildman–Crippen MR) is 154 cm³/mol. The Morgan fingerprint density at radius 1 is 1.07 bits per heavy atom. The molecule has 202 valence electrons. The second kappa shape index (κ2) is 9.72. The molecule has 0 saturated carbocycles. The van der Waals surface area contributed by atoms with E-state index in [1.807, 2.05) is 29.0 Å². The smallest absolute Gasteiger partial charge is 0.165 e. The van der Waals surface area contributed by atoms with Gasteiger partial charge in [-0.15, -0.1) is 0 Å². The molecule has 40 heavy (non-hydrogen) atoms. The van der Waals surface area contributed by atoms with E-state index in [1.165, 1.54) is 11.9 Å². The molecule has 4 aromatic heterocycles. The van der Waals surface area contributed by atoms with Crippen molar-refractivity contribution in [3.05, 3.63) is 83.3 Å². The van der Waals surface area contributed by atoms with Crippen LogP contribution in [-0.2, 0) is 18.5 Å². The van der Waals surface area contributed by atoms with E-state index < -0.39 is 5.54 Å². The average molecular weight is 554 g/mol. The average Bonchev–Trinajstić information content (AvgIpc) is 3.61. The lowest BCUT2D eigenvalue weighted by molar-refractivity contribution is 0.345. The van der Waals surface area contributed by atoms with E-state index in [4.69, 9.17) is 32.8 Å². The molecular formula is C29H28ClN9O. The number of aromatic nitrogens is 6. The fraction of sp³-hybridized carbons (Fsp3) is 0.276. The van der Waals surface area contributed by atoms with Gasteiger partial charge in [0, 0.05) is 25.1 Å². The largest absolute Gasteiger partial charge is 0.493 e. The van der Waals surface area contributed by atoms with Gasteiger partial charge in [-0.3, -0.25) is 4.98 Å². The number of hydrogen-bond acceptors (Lipinski definition) is 9. The van der Waals surface area contributed by atoms with Gasteiger partial charge in [-0.1, -0.05) is 17.7 Å². The lowest BCUT2D eigenvalue weighted by atomic mass is 9.86. The summed E-state index contributed by atoms with van der Waals surface area (Å²) < 4.78 is 7.70. The molecule has 10 nitrogen and oxygen atoms in total. The molecule has 1 saturated heterocycles. The summed E-state index contributed by atoms with van der Waals surface area (Å²) in [6.07, 6.45) is 7.80. The van der Waals surface area contributed by atoms with Crippen molar-refractivity contribution in [2.75, 3.05) is 30.3 Å². The Hall–Kier alpha value is -4.28. The van der Waals surface area contributed by atoms with Crippen molar-refractivity contribution in [3.63, 3.8) is 0 Å². The third-order valence-corrected chi connectivity index (χ3v) is 8.02. The fourth-order valence-corrected chi connectivity index (χ4v) is 5.95. The number of nitrogens with zero attached hydrogens (tertiary/aromatic N) is 7. The van der Waals surface area contributed by atoms with Gasteiger partial charge in [0.05, 0.1) is 48.3 Å². The third kappa shape index (κ3) is 4.39. The van der Waals surface area contributed by atoms with Crippen molar-refractivity contribution in [3.8, 4) is 17.0 Å². The van der Waals surface area contributed by atoms with Crippen LogP contribution in [0.15, 0.2) is 61.3 Å². The van der Waals surface area contributed by atoms with Crippen LogP contribution in [0, 0.1) is 0 Å². The second-order valence-electron chi connectivity index (χ2n) is 10.4. The Labute approximate surface area is 236 Å². The Kier molecular flexibility index (Phi) is 6.01. The van der Waals surface area contributed by atoms with Gasteiger partial charge in [-0.05, 0) is 60.4 Å². The highest BCUT2D eigenvalue weighted by molar-refractivity contribution is 6.29. The summed E-state index contributed by atoms with van der Waals surface area (Å²) >= 11 is 6.23. The molecule has 6 heterocycles. The van der Waals surface area contributed by atoms with Gasteiger partial charge in [0.15, 0.2) is 11.5 Å². The van der Waals surface area contributed by atoms with Crippen LogP contribution in [0.5, 0.6) is 5.75 Å². The van der Waals surface area contributed by atoms with Crippen molar-refractivity contribution >= 4 is 34.3 Å². The zero-order valence-corrected chi connectivity index (χ0v) is 22.6. The first kappa shape index (κ1) is 24.7. The number of ether oxygens (including phenoxy) is 1. The van der Waals surface area contributed by atoms with E-state index in [9.17, 15) is 0 Å². The highest BCUT2D eigenvalue weighted by Gasteiger charge is 2.35. The van der Waals surface area contributed by atoms with E-state index in [0.29, 0.717) is 41.8 Å². The number of piperidine rings is 1. The summed E-state index contributed by atoms with van der Waals surface area (Å²) in [7, 11) is 0. The Bertz CT molecular complexity index is 1740. The van der Waals surface area contributed by atoms with E-state index >= 15 is 0 Å². The highest BCUT2D eigenvalue weighted by atomic mass is 35.5. The SMILES string of the molecule is Nc1ncnc2c1ncn2Cc1cc(-c2ccc3c(c2)CCO3)ncc1N1CCC[C@](N)(c2cccc(Cl)n2)C1. The molecule has 0 amide bonds. The van der Waals surface area contributed by atoms with Crippen molar-refractivity contribution in [1.82, 2.24) is 29.5 Å². The minimum atomic E-state index is -0.636. The van der Waals surface area contributed by atoms with Gasteiger partial charge < -0.3 is 25.7 Å². The first-order valence-corrected chi connectivity index (χ1v) is 13.7. The maximum absolute atomic E-state index is 6.99. The Balaban J connectivity index is 1.30. The number of nitrogens with two attached hydrogens (primary N) is 2. The van der Waals surface area contributed by atoms with Crippen LogP contribution in [0.3, 0.4) is 0 Å². The zero-order valence-electron chi connectivity index (χ0n) is 21.8. The van der Waals surface area contributed by atoms with Crippen LogP contribution < -0.4 is 21.1 Å². The molecule has 0 bridgehead atoms. The number of fused-ring (bicyclic) bond motifs is 2. The number of hydrogen-bond donors (Lipinski definition) is 2. The van der Waals surface area contributed by atoms with Gasteiger partial charge in [0.25, 0.3) is 0 Å². The van der Waals surface area contributed by atoms with Gasteiger partial charge in [-0.25, -0.2) is 19.9 Å². The molecule has 1 aromatic carbocycles. The normalized spacial score (nSPS) is 18.6. The molecule has 11 heteroatoms. The maximum Gasteiger partial charge on any atom is 0.165 e. The summed E-state index contributed by atoms with van der Waals surface area (Å²) in [4.78, 5) is 24.8. The zero-order chi connectivity index (χ0) is 27.3. The van der Waals surface area contributed by atoms with Gasteiger partial charge in [0.2, 0.25) is 0 Å². The van der Waals surface area contributed by atoms with Crippen LogP contribution in [-0.4, -0.2) is 49.2 Å². The summed E-state index contributed by atoms with van der Waals surface area (Å²) in [6.45, 7) is 2.68. The minimum Gasteiger partial charge on any atom is -0.493 e. The molecule has 1 fully saturated rings. The molecule has 0 unspecified atom stereocenters. The molecule has 0 aliphatic carbocycles. The van der Waals surface area contributed by atoms with Crippen molar-refractivity contribution < 1.29 is 4.74 Å². The van der Waals surface area contributed by atoms with Crippen LogP contribution in [0.25, 0.3) is 22.4 Å². The minimum absolute atomic E-state index is 0.359. The van der Waals surface area contributed by atoms with E-state index in [1.54, 1.807) is 12.4 Å². The number of anilines is 2. The van der Waals surface area contributed by atoms with Crippen molar-refractivity contribution in [2.45, 2.75) is 31.3 Å². The van der Waals surface area contributed by atoms with E-state index in [0.717, 1.165) is 59.8 Å². The molecule has 5 aromatic rings. The summed E-state index contributed by atoms with van der Waals surface area (Å²) in [5.41, 5.74) is 19.7. The summed E-state index contributed by atoms with van der Waals surface area (Å²) in [6, 6.07) is 14.0. The fourth-order valence-electron chi connectivity index (χ4n) is 5.79. The Morgan fingerprint density at radius 2 is 2.00 bits per heavy atom. The van der Waals surface area contributed by atoms with Gasteiger partial charge >= 0.3 is 0 Å². The quantitative estimate of drug-likeness (QED) is 0.310. The van der Waals surface area contributed by atoms with Gasteiger partial charge in [-0.2, -0.15) is 0 Å². The van der Waals surface area contributed by atoms with Crippen LogP contribution in [0.2, 0.25) is 5.15 Å². The van der Waals surface area contributed by atoms with E-state index in [-0.39, 0.29) is 0 Å². The molecule has 4 N–H and O–H groups in total. The number of benzene rings is 1. The predicted octanol–water partition coefficient (Wildman–Crippen LogP) is 3.96. The number of rotatable bonds is 5. The number of halogens is 1. The first-order chi connectivity index (χ1) is 19.5. The number of nitrogen functional groups attached to an aromatic ring is 1. The van der Waals surface area contributed by atoms with Crippen molar-refractivity contribution in [1.29, 1.82) is 0 Å². The van der Waals surface area contributed by atoms with Crippen LogP contribution in [0.1, 0.15) is 29.7 Å². The molecule has 7 rings (SSSR count). The second-order valence-corrected chi connectivity index (χ2v) is 10.8. The van der Waals surface area contributed by atoms with Gasteiger partial charge in [0.1, 0.15) is 22.7 Å². The molecule has 2 aliphatic rings. The summed E-state index contributed by atoms with van der Waals surface area (Å²) in [5, 5.41) is 0.444.